The number of hydrogen-bond donors (Lipinski definition) is 2. The molecule has 0 spiro atoms. The van der Waals surface area contributed by atoms with Crippen molar-refractivity contribution in [3.63, 3.8) is 0 Å². The molecule has 2 N–H and O–H groups in total. The number of nitrogens with zero attached hydrogens (tertiary/aromatic N) is 4. The number of halogens is 1. The van der Waals surface area contributed by atoms with E-state index in [4.69, 9.17) is 20.4 Å². The Morgan fingerprint density at radius 3 is 0.831 bits per heavy atom. The molecule has 0 bridgehead atoms. The molecule has 24 aromatic rings. The lowest BCUT2D eigenvalue weighted by Crippen LogP contribution is -2.29. The van der Waals surface area contributed by atoms with E-state index in [2.05, 4.69) is 382 Å². The zero-order chi connectivity index (χ0) is 78.5. The zero-order valence-electron chi connectivity index (χ0n) is 63.7. The summed E-state index contributed by atoms with van der Waals surface area (Å²) in [5.41, 5.74) is 28.8. The maximum absolute atomic E-state index is 9.24. The van der Waals surface area contributed by atoms with Crippen LogP contribution >= 0.6 is 11.6 Å². The summed E-state index contributed by atoms with van der Waals surface area (Å²) in [5.74, 6) is 0. The highest BCUT2D eigenvalue weighted by molar-refractivity contribution is 6.61. The normalized spacial score (nSPS) is 11.7. The number of rotatable bonds is 10. The van der Waals surface area contributed by atoms with Crippen molar-refractivity contribution in [2.24, 2.45) is 0 Å². The molecular weight excluding hydrogens is 1460 g/mol. The number of furan rings is 2. The van der Waals surface area contributed by atoms with Crippen molar-refractivity contribution >= 4 is 155 Å². The summed E-state index contributed by atoms with van der Waals surface area (Å²) in [4.78, 5) is 0. The average Bonchev–Trinajstić information content (AvgIpc) is 1.60. The Bertz CT molecular complexity index is 7700. The lowest BCUT2D eigenvalue weighted by molar-refractivity contribution is 0.425. The van der Waals surface area contributed by atoms with E-state index in [0.29, 0.717) is 11.0 Å². The molecule has 0 saturated heterocycles. The molecule has 0 amide bonds. The van der Waals surface area contributed by atoms with Gasteiger partial charge >= 0.3 is 7.12 Å². The van der Waals surface area contributed by atoms with E-state index in [1.54, 1.807) is 12.1 Å². The first-order valence-electron chi connectivity index (χ1n) is 39.8. The molecule has 24 rings (SSSR count). The number of para-hydroxylation sites is 12. The minimum Gasteiger partial charge on any atom is -0.456 e. The van der Waals surface area contributed by atoms with Gasteiger partial charge in [-0.25, -0.2) is 0 Å². The highest BCUT2D eigenvalue weighted by Gasteiger charge is 2.23. The Hall–Kier alpha value is -15.0. The summed E-state index contributed by atoms with van der Waals surface area (Å²) in [6, 6.07) is 146. The fourth-order valence-corrected chi connectivity index (χ4v) is 18.2. The molecule has 0 aliphatic heterocycles. The van der Waals surface area contributed by atoms with Gasteiger partial charge in [-0.15, -0.1) is 0 Å². The summed E-state index contributed by atoms with van der Waals surface area (Å²) in [7, 11) is -1.51. The molecule has 0 unspecified atom stereocenters. The van der Waals surface area contributed by atoms with Crippen LogP contribution in [0, 0.1) is 0 Å². The summed E-state index contributed by atoms with van der Waals surface area (Å²) in [6.45, 7) is 0. The number of aromatic nitrogens is 4. The van der Waals surface area contributed by atoms with E-state index in [1.165, 1.54) is 87.2 Å². The van der Waals surface area contributed by atoms with Crippen LogP contribution in [-0.4, -0.2) is 35.4 Å². The quantitative estimate of drug-likeness (QED) is 0.134. The van der Waals surface area contributed by atoms with Crippen molar-refractivity contribution in [2.45, 2.75) is 0 Å². The Kier molecular flexibility index (Phi) is 17.0. The van der Waals surface area contributed by atoms with E-state index >= 15 is 0 Å². The van der Waals surface area contributed by atoms with Gasteiger partial charge in [0.25, 0.3) is 0 Å². The summed E-state index contributed by atoms with van der Waals surface area (Å²) in [6.07, 6.45) is 0. The molecule has 6 aromatic heterocycles. The van der Waals surface area contributed by atoms with E-state index in [0.717, 1.165) is 122 Å². The number of fused-ring (bicyclic) bond motifs is 18. The van der Waals surface area contributed by atoms with Gasteiger partial charge in [0, 0.05) is 103 Å². The molecule has 8 nitrogen and oxygen atoms in total. The van der Waals surface area contributed by atoms with E-state index in [9.17, 15) is 10.0 Å². The zero-order valence-corrected chi connectivity index (χ0v) is 64.5. The molecule has 0 saturated carbocycles. The maximum atomic E-state index is 9.24. The molecule has 0 atom stereocenters. The summed E-state index contributed by atoms with van der Waals surface area (Å²) >= 11 is 6.86. The maximum Gasteiger partial charge on any atom is 0.492 e. The molecule has 0 fully saturated rings. The molecule has 10 heteroatoms. The minimum absolute atomic E-state index is 0.397. The largest absolute Gasteiger partial charge is 0.492 e. The van der Waals surface area contributed by atoms with Gasteiger partial charge < -0.3 is 37.2 Å². The van der Waals surface area contributed by atoms with Crippen molar-refractivity contribution in [3.8, 4) is 78.4 Å². The van der Waals surface area contributed by atoms with Crippen LogP contribution in [0.2, 0.25) is 5.02 Å². The molecule has 556 valence electrons. The monoisotopic (exact) mass is 1530 g/mol. The predicted octanol–water partition coefficient (Wildman–Crippen LogP) is 27.9. The first-order chi connectivity index (χ1) is 58.3. The molecular formula is C108H70BClN4O4. The number of hydrogen-bond acceptors (Lipinski definition) is 4. The first-order valence-corrected chi connectivity index (χ1v) is 40.1. The molecule has 6 heterocycles. The molecule has 118 heavy (non-hydrogen) atoms. The van der Waals surface area contributed by atoms with E-state index < -0.39 is 7.12 Å². The van der Waals surface area contributed by atoms with Crippen LogP contribution < -0.4 is 5.46 Å². The SMILES string of the molecule is Clc1cc(-c2ccc3c4ccccc4n(-c4ccccc4)c3c2)cc(-c2ccc3c4ccccc4n(-c4ccccc4)c3c2)c1.OB(O)c1cccc2c1oc1ccccc12.c1ccc(-n2c3ccccc3c3ccc(-c4cc(-c5ccc6c7ccccc7n(-c7ccccc7)c6c5)cc(-c5cccc6c5oc5ccccc56)c4)cc32)cc1. The summed E-state index contributed by atoms with van der Waals surface area (Å²) < 4.78 is 21.8. The van der Waals surface area contributed by atoms with Gasteiger partial charge in [0.1, 0.15) is 22.3 Å². The van der Waals surface area contributed by atoms with Crippen LogP contribution in [0.25, 0.3) is 209 Å². The van der Waals surface area contributed by atoms with Gasteiger partial charge in [-0.3, -0.25) is 0 Å². The van der Waals surface area contributed by atoms with Crippen molar-refractivity contribution in [1.29, 1.82) is 0 Å². The second-order valence-corrected chi connectivity index (χ2v) is 30.6. The van der Waals surface area contributed by atoms with Crippen molar-refractivity contribution in [2.75, 3.05) is 0 Å². The van der Waals surface area contributed by atoms with Crippen molar-refractivity contribution in [1.82, 2.24) is 18.3 Å². The van der Waals surface area contributed by atoms with Gasteiger partial charge in [0.2, 0.25) is 0 Å². The fourth-order valence-electron chi connectivity index (χ4n) is 18.0. The standard InChI is InChI=1S/C54H34N2O.C42H27ClN2.C12H9BO3/c1-3-14-40(15-4-1)55-49-23-10-7-18-43(49)45-28-26-35(33-51(45)55)37-30-38(32-39(31-37)42-21-13-22-48-47-20-9-12-25-53(47)57-54(42)48)36-27-29-46-44-19-8-11-24-50(44)56(52(46)34-36)41-16-5-2-6-17-41;43-32-24-30(28-19-21-37-35-15-7-9-17-39(35)44(41(37)26-28)33-11-3-1-4-12-33)23-31(25-32)29-20-22-38-36-16-8-10-18-40(36)45(42(38)27-29)34-13-5-2-6-14-34;14-13(15)10-6-3-5-9-8-4-1-2-7-11(8)16-12(9)10/h1-34H;1-27H;1-7,14-15H. The average molecular weight is 1530 g/mol. The molecule has 18 aromatic carbocycles. The second-order valence-electron chi connectivity index (χ2n) is 30.2. The van der Waals surface area contributed by atoms with Gasteiger partial charge in [0.15, 0.2) is 0 Å². The van der Waals surface area contributed by atoms with Gasteiger partial charge in [-0.2, -0.15) is 0 Å². The molecule has 0 aliphatic rings. The molecule has 0 aliphatic carbocycles. The van der Waals surface area contributed by atoms with Gasteiger partial charge in [-0.1, -0.05) is 279 Å². The van der Waals surface area contributed by atoms with Crippen LogP contribution in [0.4, 0.5) is 0 Å². The lowest BCUT2D eigenvalue weighted by atomic mass is 9.79. The number of benzene rings is 18. The molecule has 0 radical (unpaired) electrons. The van der Waals surface area contributed by atoms with Crippen LogP contribution in [0.3, 0.4) is 0 Å². The third-order valence-electron chi connectivity index (χ3n) is 23.3. The predicted molar refractivity (Wildman–Crippen MR) is 493 cm³/mol. The van der Waals surface area contributed by atoms with Crippen LogP contribution in [0.15, 0.2) is 421 Å². The minimum atomic E-state index is -1.51. The lowest BCUT2D eigenvalue weighted by Gasteiger charge is -2.14. The third kappa shape index (κ3) is 11.9. The van der Waals surface area contributed by atoms with Crippen molar-refractivity contribution in [3.05, 3.63) is 418 Å². The van der Waals surface area contributed by atoms with Crippen LogP contribution in [0.5, 0.6) is 0 Å². The Morgan fingerprint density at radius 2 is 0.475 bits per heavy atom. The Morgan fingerprint density at radius 1 is 0.203 bits per heavy atom. The van der Waals surface area contributed by atoms with Crippen LogP contribution in [0.1, 0.15) is 0 Å². The fraction of sp³-hybridized carbons (Fsp3) is 0. The summed E-state index contributed by atoms with van der Waals surface area (Å²) in [5, 5.41) is 33.3. The van der Waals surface area contributed by atoms with Gasteiger partial charge in [0.05, 0.1) is 44.1 Å². The first kappa shape index (κ1) is 69.7. The van der Waals surface area contributed by atoms with E-state index in [-0.39, 0.29) is 0 Å². The Labute approximate surface area is 683 Å². The Balaban J connectivity index is 0.000000122. The second kappa shape index (κ2) is 28.8. The van der Waals surface area contributed by atoms with E-state index in [1.807, 2.05) is 36.4 Å². The van der Waals surface area contributed by atoms with Crippen LogP contribution in [-0.2, 0) is 0 Å². The highest BCUT2D eigenvalue weighted by atomic mass is 35.5. The third-order valence-corrected chi connectivity index (χ3v) is 23.6. The topological polar surface area (TPSA) is 86.5 Å². The van der Waals surface area contributed by atoms with Gasteiger partial charge in [-0.05, 0) is 196 Å². The highest BCUT2D eigenvalue weighted by Crippen LogP contribution is 2.45. The van der Waals surface area contributed by atoms with Crippen molar-refractivity contribution < 1.29 is 18.9 Å². The smallest absolute Gasteiger partial charge is 0.456 e.